The molecule has 0 bridgehead atoms. The third-order valence-corrected chi connectivity index (χ3v) is 6.74. The van der Waals surface area contributed by atoms with Gasteiger partial charge in [-0.15, -0.1) is 11.3 Å². The van der Waals surface area contributed by atoms with Crippen molar-refractivity contribution >= 4 is 50.9 Å². The highest BCUT2D eigenvalue weighted by molar-refractivity contribution is 7.99. The minimum absolute atomic E-state index is 0.136. The lowest BCUT2D eigenvalue weighted by atomic mass is 10.0. The van der Waals surface area contributed by atoms with Gasteiger partial charge in [-0.3, -0.25) is 4.79 Å². The summed E-state index contributed by atoms with van der Waals surface area (Å²) in [5.74, 6) is -1.02. The van der Waals surface area contributed by atoms with E-state index < -0.39 is 5.97 Å². The van der Waals surface area contributed by atoms with Gasteiger partial charge in [-0.2, -0.15) is 0 Å². The number of esters is 1. The Bertz CT molecular complexity index is 1320. The summed E-state index contributed by atoms with van der Waals surface area (Å²) in [5.41, 5.74) is 3.50. The predicted molar refractivity (Wildman–Crippen MR) is 132 cm³/mol. The number of para-hydroxylation sites is 1. The number of amides is 1. The van der Waals surface area contributed by atoms with E-state index in [-0.39, 0.29) is 29.6 Å². The molecule has 4 rings (SSSR count). The third kappa shape index (κ3) is 5.23. The normalized spacial score (nSPS) is 10.9. The Kier molecular flexibility index (Phi) is 7.05. The number of halogens is 1. The minimum atomic E-state index is -0.534. The number of benzene rings is 2. The number of pyridine rings is 1. The Morgan fingerprint density at radius 2 is 1.91 bits per heavy atom. The van der Waals surface area contributed by atoms with Gasteiger partial charge >= 0.3 is 5.97 Å². The van der Waals surface area contributed by atoms with E-state index in [0.717, 1.165) is 21.5 Å². The van der Waals surface area contributed by atoms with E-state index in [1.807, 2.05) is 37.3 Å². The number of thiophene rings is 1. The van der Waals surface area contributed by atoms with Gasteiger partial charge in [0.25, 0.3) is 0 Å². The molecule has 8 heteroatoms. The molecule has 1 N–H and O–H groups in total. The summed E-state index contributed by atoms with van der Waals surface area (Å²) in [4.78, 5) is 30.0. The number of aromatic nitrogens is 1. The number of hydrogen-bond acceptors (Lipinski definition) is 6. The van der Waals surface area contributed by atoms with Crippen molar-refractivity contribution in [1.29, 1.82) is 0 Å². The Balaban J connectivity index is 1.53. The maximum Gasteiger partial charge on any atom is 0.341 e. The number of fused-ring (bicyclic) bond motifs is 1. The molecule has 0 saturated heterocycles. The fourth-order valence-corrected chi connectivity index (χ4v) is 5.14. The maximum absolute atomic E-state index is 13.3. The van der Waals surface area contributed by atoms with Gasteiger partial charge in [0.1, 0.15) is 16.4 Å². The summed E-state index contributed by atoms with van der Waals surface area (Å²) in [6, 6.07) is 15.7. The number of rotatable bonds is 7. The van der Waals surface area contributed by atoms with E-state index in [1.165, 1.54) is 35.2 Å². The van der Waals surface area contributed by atoms with Crippen molar-refractivity contribution in [3.63, 3.8) is 0 Å². The molecule has 0 saturated carbocycles. The molecule has 2 heterocycles. The fourth-order valence-electron chi connectivity index (χ4n) is 3.39. The van der Waals surface area contributed by atoms with Crippen LogP contribution in [0.4, 0.5) is 9.39 Å². The highest BCUT2D eigenvalue weighted by Gasteiger charge is 2.23. The fraction of sp³-hybridized carbons (Fsp3) is 0.160. The molecular formula is C25H21FN2O3S2. The number of nitrogens with zero attached hydrogens (tertiary/aromatic N) is 1. The molecule has 168 valence electrons. The van der Waals surface area contributed by atoms with Crippen LogP contribution in [0.3, 0.4) is 0 Å². The average Bonchev–Trinajstić information content (AvgIpc) is 3.22. The van der Waals surface area contributed by atoms with Gasteiger partial charge in [-0.05, 0) is 49.2 Å². The van der Waals surface area contributed by atoms with Crippen molar-refractivity contribution < 1.29 is 18.7 Å². The topological polar surface area (TPSA) is 68.3 Å². The van der Waals surface area contributed by atoms with Gasteiger partial charge in [0.05, 0.1) is 22.9 Å². The van der Waals surface area contributed by atoms with Crippen LogP contribution in [0.5, 0.6) is 0 Å². The summed E-state index contributed by atoms with van der Waals surface area (Å²) in [6.07, 6.45) is 0. The molecule has 0 aliphatic rings. The van der Waals surface area contributed by atoms with Crippen molar-refractivity contribution in [2.75, 3.05) is 17.7 Å². The number of carbonyl (C=O) groups is 2. The average molecular weight is 481 g/mol. The number of aryl methyl sites for hydroxylation is 1. The molecule has 0 radical (unpaired) electrons. The number of thioether (sulfide) groups is 1. The zero-order chi connectivity index (χ0) is 23.4. The molecular weight excluding hydrogens is 459 g/mol. The molecule has 5 nitrogen and oxygen atoms in total. The van der Waals surface area contributed by atoms with E-state index >= 15 is 0 Å². The molecule has 0 aliphatic carbocycles. The lowest BCUT2D eigenvalue weighted by Gasteiger charge is -2.09. The van der Waals surface area contributed by atoms with Crippen molar-refractivity contribution in [1.82, 2.24) is 4.98 Å². The minimum Gasteiger partial charge on any atom is -0.462 e. The lowest BCUT2D eigenvalue weighted by molar-refractivity contribution is -0.113. The SMILES string of the molecule is CCOC(=O)c1c(-c2ccc(F)cc2)csc1NC(=O)CSc1cc(C)c2ccccc2n1. The zero-order valence-corrected chi connectivity index (χ0v) is 19.7. The Labute approximate surface area is 199 Å². The maximum atomic E-state index is 13.3. The van der Waals surface area contributed by atoms with Gasteiger partial charge in [0, 0.05) is 16.3 Å². The van der Waals surface area contributed by atoms with Crippen LogP contribution in [0.25, 0.3) is 22.0 Å². The van der Waals surface area contributed by atoms with Crippen molar-refractivity contribution in [2.24, 2.45) is 0 Å². The summed E-state index contributed by atoms with van der Waals surface area (Å²) in [6.45, 7) is 3.94. The Morgan fingerprint density at radius 1 is 1.15 bits per heavy atom. The van der Waals surface area contributed by atoms with Gasteiger partial charge in [0.15, 0.2) is 0 Å². The molecule has 1 amide bonds. The molecule has 2 aromatic carbocycles. The molecule has 0 spiro atoms. The molecule has 33 heavy (non-hydrogen) atoms. The van der Waals surface area contributed by atoms with Gasteiger partial charge in [-0.1, -0.05) is 42.1 Å². The summed E-state index contributed by atoms with van der Waals surface area (Å²) in [7, 11) is 0. The van der Waals surface area contributed by atoms with Crippen LogP contribution in [-0.4, -0.2) is 29.2 Å². The van der Waals surface area contributed by atoms with E-state index in [0.29, 0.717) is 16.1 Å². The molecule has 0 unspecified atom stereocenters. The monoisotopic (exact) mass is 480 g/mol. The molecule has 4 aromatic rings. The number of carbonyl (C=O) groups excluding carboxylic acids is 2. The van der Waals surface area contributed by atoms with E-state index in [2.05, 4.69) is 10.3 Å². The summed E-state index contributed by atoms with van der Waals surface area (Å²) < 4.78 is 18.5. The number of ether oxygens (including phenoxy) is 1. The third-order valence-electron chi connectivity index (χ3n) is 4.93. The van der Waals surface area contributed by atoms with E-state index in [4.69, 9.17) is 4.74 Å². The largest absolute Gasteiger partial charge is 0.462 e. The summed E-state index contributed by atoms with van der Waals surface area (Å²) in [5, 5.41) is 6.83. The van der Waals surface area contributed by atoms with Crippen LogP contribution >= 0.6 is 23.1 Å². The summed E-state index contributed by atoms with van der Waals surface area (Å²) >= 11 is 2.56. The first kappa shape index (κ1) is 22.9. The van der Waals surface area contributed by atoms with E-state index in [1.54, 1.807) is 24.4 Å². The Morgan fingerprint density at radius 3 is 2.67 bits per heavy atom. The smallest absolute Gasteiger partial charge is 0.341 e. The van der Waals surface area contributed by atoms with Gasteiger partial charge in [-0.25, -0.2) is 14.2 Å². The zero-order valence-electron chi connectivity index (χ0n) is 18.1. The highest BCUT2D eigenvalue weighted by atomic mass is 32.2. The van der Waals surface area contributed by atoms with Crippen LogP contribution in [-0.2, 0) is 9.53 Å². The van der Waals surface area contributed by atoms with Crippen LogP contribution in [0.15, 0.2) is 65.0 Å². The van der Waals surface area contributed by atoms with Gasteiger partial charge in [0.2, 0.25) is 5.91 Å². The van der Waals surface area contributed by atoms with Crippen LogP contribution < -0.4 is 5.32 Å². The first-order valence-corrected chi connectivity index (χ1v) is 12.2. The van der Waals surface area contributed by atoms with Crippen LogP contribution in [0.2, 0.25) is 0 Å². The second-order valence-electron chi connectivity index (χ2n) is 7.21. The lowest BCUT2D eigenvalue weighted by Crippen LogP contribution is -2.16. The second-order valence-corrected chi connectivity index (χ2v) is 9.09. The van der Waals surface area contributed by atoms with Crippen LogP contribution in [0.1, 0.15) is 22.8 Å². The molecule has 0 aliphatic heterocycles. The van der Waals surface area contributed by atoms with Crippen LogP contribution in [0, 0.1) is 12.7 Å². The standard InChI is InChI=1S/C25H21FN2O3S2/c1-3-31-25(30)23-19(16-8-10-17(26)11-9-16)13-33-24(23)28-21(29)14-32-22-12-15(2)18-6-4-5-7-20(18)27-22/h4-13H,3,14H2,1-2H3,(H,28,29). The first-order valence-electron chi connectivity index (χ1n) is 10.3. The highest BCUT2D eigenvalue weighted by Crippen LogP contribution is 2.36. The second kappa shape index (κ2) is 10.1. The Hall–Kier alpha value is -3.23. The molecule has 0 atom stereocenters. The number of hydrogen-bond donors (Lipinski definition) is 1. The van der Waals surface area contributed by atoms with Gasteiger partial charge < -0.3 is 10.1 Å². The first-order chi connectivity index (χ1) is 16.0. The molecule has 2 aromatic heterocycles. The number of anilines is 1. The van der Waals surface area contributed by atoms with Crippen molar-refractivity contribution in [2.45, 2.75) is 18.9 Å². The molecule has 0 fully saturated rings. The quantitative estimate of drug-likeness (QED) is 0.248. The van der Waals surface area contributed by atoms with E-state index in [9.17, 15) is 14.0 Å². The van der Waals surface area contributed by atoms with Crippen molar-refractivity contribution in [3.8, 4) is 11.1 Å². The predicted octanol–water partition coefficient (Wildman–Crippen LogP) is 6.32. The van der Waals surface area contributed by atoms with Crippen molar-refractivity contribution in [3.05, 3.63) is 76.9 Å². The number of nitrogens with one attached hydrogen (secondary N) is 1.